The fourth-order valence-corrected chi connectivity index (χ4v) is 1.34. The Balaban J connectivity index is 0.00000169. The van der Waals surface area contributed by atoms with Crippen LogP contribution in [0.4, 0.5) is 4.79 Å². The predicted molar refractivity (Wildman–Crippen MR) is 58.0 cm³/mol. The third-order valence-corrected chi connectivity index (χ3v) is 1.99. The van der Waals surface area contributed by atoms with Crippen molar-refractivity contribution in [3.63, 3.8) is 0 Å². The van der Waals surface area contributed by atoms with Gasteiger partial charge in [0, 0.05) is 0 Å². The molecule has 1 rings (SSSR count). The molecule has 0 heterocycles. The molecule has 0 aliphatic heterocycles. The molecule has 0 aliphatic rings. The molecular weight excluding hydrogens is 202 g/mol. The second-order valence-corrected chi connectivity index (χ2v) is 3.03. The smallest absolute Gasteiger partial charge is 0.405 e. The second-order valence-electron chi connectivity index (χ2n) is 3.03. The lowest BCUT2D eigenvalue weighted by molar-refractivity contribution is 0.191. The molecule has 0 spiro atoms. The quantitative estimate of drug-likeness (QED) is 0.797. The molecule has 1 atom stereocenters. The van der Waals surface area contributed by atoms with Crippen molar-refractivity contribution in [3.8, 4) is 0 Å². The van der Waals surface area contributed by atoms with Gasteiger partial charge < -0.3 is 10.4 Å². The zero-order valence-corrected chi connectivity index (χ0v) is 8.97. The maximum absolute atomic E-state index is 10.4. The van der Waals surface area contributed by atoms with Gasteiger partial charge in [0.25, 0.3) is 0 Å². The van der Waals surface area contributed by atoms with Crippen LogP contribution < -0.4 is 5.32 Å². The highest BCUT2D eigenvalue weighted by Gasteiger charge is 2.08. The zero-order chi connectivity index (χ0) is 9.84. The van der Waals surface area contributed by atoms with Crippen molar-refractivity contribution >= 4 is 18.5 Å². The normalized spacial score (nSPS) is 11.3. The minimum atomic E-state index is -0.990. The Labute approximate surface area is 89.5 Å². The standard InChI is InChI=1S/C10H13NO2.ClH/c1-7-5-3-4-6-9(7)8(2)11-10(12)13;/h3-6,8,11H,1-2H3,(H,12,13);1H. The van der Waals surface area contributed by atoms with Gasteiger partial charge in [-0.25, -0.2) is 4.79 Å². The minimum Gasteiger partial charge on any atom is -0.465 e. The van der Waals surface area contributed by atoms with Gasteiger partial charge in [-0.05, 0) is 25.0 Å². The third kappa shape index (κ3) is 3.26. The Morgan fingerprint density at radius 1 is 1.43 bits per heavy atom. The first-order valence-electron chi connectivity index (χ1n) is 4.16. The lowest BCUT2D eigenvalue weighted by Gasteiger charge is -2.13. The number of rotatable bonds is 2. The van der Waals surface area contributed by atoms with Crippen LogP contribution in [0.2, 0.25) is 0 Å². The van der Waals surface area contributed by atoms with E-state index >= 15 is 0 Å². The predicted octanol–water partition coefficient (Wildman–Crippen LogP) is 2.75. The van der Waals surface area contributed by atoms with Crippen LogP contribution in [0, 0.1) is 6.92 Å². The Morgan fingerprint density at radius 2 is 2.00 bits per heavy atom. The van der Waals surface area contributed by atoms with Gasteiger partial charge in [0.05, 0.1) is 6.04 Å². The molecule has 0 bridgehead atoms. The van der Waals surface area contributed by atoms with Crippen LogP contribution in [0.15, 0.2) is 24.3 Å². The number of benzene rings is 1. The van der Waals surface area contributed by atoms with Crippen molar-refractivity contribution in [2.75, 3.05) is 0 Å². The zero-order valence-electron chi connectivity index (χ0n) is 8.15. The van der Waals surface area contributed by atoms with Crippen molar-refractivity contribution in [2.24, 2.45) is 0 Å². The third-order valence-electron chi connectivity index (χ3n) is 1.99. The molecule has 0 aromatic heterocycles. The van der Waals surface area contributed by atoms with Crippen LogP contribution in [0.25, 0.3) is 0 Å². The first-order chi connectivity index (χ1) is 6.11. The van der Waals surface area contributed by atoms with E-state index in [2.05, 4.69) is 5.32 Å². The maximum Gasteiger partial charge on any atom is 0.405 e. The van der Waals surface area contributed by atoms with Gasteiger partial charge in [0.1, 0.15) is 0 Å². The van der Waals surface area contributed by atoms with Crippen molar-refractivity contribution in [1.82, 2.24) is 5.32 Å². The highest BCUT2D eigenvalue weighted by atomic mass is 35.5. The van der Waals surface area contributed by atoms with Gasteiger partial charge in [0.15, 0.2) is 0 Å². The average molecular weight is 216 g/mol. The fraction of sp³-hybridized carbons (Fsp3) is 0.300. The Hall–Kier alpha value is -1.22. The Kier molecular flexibility index (Phi) is 5.02. The van der Waals surface area contributed by atoms with Crippen molar-refractivity contribution in [1.29, 1.82) is 0 Å². The molecule has 1 amide bonds. The van der Waals surface area contributed by atoms with Crippen LogP contribution in [-0.4, -0.2) is 11.2 Å². The molecule has 0 aliphatic carbocycles. The molecule has 1 unspecified atom stereocenters. The van der Waals surface area contributed by atoms with Gasteiger partial charge in [-0.2, -0.15) is 0 Å². The highest BCUT2D eigenvalue weighted by Crippen LogP contribution is 2.16. The van der Waals surface area contributed by atoms with Gasteiger partial charge >= 0.3 is 6.09 Å². The molecule has 1 aromatic rings. The van der Waals surface area contributed by atoms with E-state index in [4.69, 9.17) is 5.11 Å². The average Bonchev–Trinajstić information content (AvgIpc) is 2.03. The van der Waals surface area contributed by atoms with Gasteiger partial charge in [0.2, 0.25) is 0 Å². The van der Waals surface area contributed by atoms with Gasteiger partial charge in [-0.3, -0.25) is 0 Å². The summed E-state index contributed by atoms with van der Waals surface area (Å²) in [5.74, 6) is 0. The summed E-state index contributed by atoms with van der Waals surface area (Å²) >= 11 is 0. The van der Waals surface area contributed by atoms with E-state index in [1.807, 2.05) is 38.1 Å². The number of carbonyl (C=O) groups is 1. The maximum atomic E-state index is 10.4. The summed E-state index contributed by atoms with van der Waals surface area (Å²) in [4.78, 5) is 10.4. The molecule has 4 heteroatoms. The summed E-state index contributed by atoms with van der Waals surface area (Å²) < 4.78 is 0. The van der Waals surface area contributed by atoms with E-state index in [1.54, 1.807) is 0 Å². The van der Waals surface area contributed by atoms with Crippen molar-refractivity contribution in [2.45, 2.75) is 19.9 Å². The van der Waals surface area contributed by atoms with Gasteiger partial charge in [-0.15, -0.1) is 12.4 Å². The molecule has 0 radical (unpaired) electrons. The second kappa shape index (κ2) is 5.50. The molecule has 2 N–H and O–H groups in total. The number of halogens is 1. The monoisotopic (exact) mass is 215 g/mol. The highest BCUT2D eigenvalue weighted by molar-refractivity contribution is 5.85. The number of carboxylic acid groups (broad SMARTS) is 1. The summed E-state index contributed by atoms with van der Waals surface area (Å²) in [5, 5.41) is 10.9. The molecular formula is C10H14ClNO2. The summed E-state index contributed by atoms with van der Waals surface area (Å²) in [6.07, 6.45) is -0.990. The molecule has 0 saturated carbocycles. The topological polar surface area (TPSA) is 49.3 Å². The van der Waals surface area contributed by atoms with Crippen LogP contribution in [-0.2, 0) is 0 Å². The number of hydrogen-bond donors (Lipinski definition) is 2. The molecule has 3 nitrogen and oxygen atoms in total. The van der Waals surface area contributed by atoms with Crippen LogP contribution in [0.1, 0.15) is 24.1 Å². The van der Waals surface area contributed by atoms with E-state index < -0.39 is 6.09 Å². The van der Waals surface area contributed by atoms with Crippen LogP contribution >= 0.6 is 12.4 Å². The molecule has 0 saturated heterocycles. The largest absolute Gasteiger partial charge is 0.465 e. The number of amides is 1. The summed E-state index contributed by atoms with van der Waals surface area (Å²) in [5.41, 5.74) is 2.12. The molecule has 0 fully saturated rings. The molecule has 14 heavy (non-hydrogen) atoms. The number of hydrogen-bond acceptors (Lipinski definition) is 1. The number of nitrogens with one attached hydrogen (secondary N) is 1. The summed E-state index contributed by atoms with van der Waals surface area (Å²) in [7, 11) is 0. The molecule has 1 aromatic carbocycles. The lowest BCUT2D eigenvalue weighted by Crippen LogP contribution is -2.24. The van der Waals surface area contributed by atoms with E-state index in [0.29, 0.717) is 0 Å². The Morgan fingerprint density at radius 3 is 2.50 bits per heavy atom. The summed E-state index contributed by atoms with van der Waals surface area (Å²) in [6, 6.07) is 7.58. The van der Waals surface area contributed by atoms with Crippen molar-refractivity contribution < 1.29 is 9.90 Å². The van der Waals surface area contributed by atoms with Crippen LogP contribution in [0.3, 0.4) is 0 Å². The van der Waals surface area contributed by atoms with E-state index in [0.717, 1.165) is 11.1 Å². The fourth-order valence-electron chi connectivity index (χ4n) is 1.34. The van der Waals surface area contributed by atoms with Gasteiger partial charge in [-0.1, -0.05) is 24.3 Å². The summed E-state index contributed by atoms with van der Waals surface area (Å²) in [6.45, 7) is 3.80. The van der Waals surface area contributed by atoms with E-state index in [-0.39, 0.29) is 18.4 Å². The minimum absolute atomic E-state index is 0. The van der Waals surface area contributed by atoms with E-state index in [1.165, 1.54) is 0 Å². The lowest BCUT2D eigenvalue weighted by atomic mass is 10.0. The Bertz CT molecular complexity index is 315. The van der Waals surface area contributed by atoms with Crippen LogP contribution in [0.5, 0.6) is 0 Å². The first kappa shape index (κ1) is 12.8. The number of aryl methyl sites for hydroxylation is 1. The van der Waals surface area contributed by atoms with Crippen molar-refractivity contribution in [3.05, 3.63) is 35.4 Å². The van der Waals surface area contributed by atoms with E-state index in [9.17, 15) is 4.79 Å². The molecule has 78 valence electrons. The SMILES string of the molecule is Cc1ccccc1C(C)NC(=O)O.Cl. The first-order valence-corrected chi connectivity index (χ1v) is 4.16.